The number of aryl methyl sites for hydroxylation is 2. The molecular formula is C20H21FN6. The average Bonchev–Trinajstić information content (AvgIpc) is 3.30. The lowest BCUT2D eigenvalue weighted by Crippen LogP contribution is -2.21. The molecule has 0 aliphatic heterocycles. The first kappa shape index (κ1) is 17.2. The molecule has 0 radical (unpaired) electrons. The van der Waals surface area contributed by atoms with Gasteiger partial charge in [0.1, 0.15) is 23.1 Å². The van der Waals surface area contributed by atoms with Crippen LogP contribution in [0.1, 0.15) is 17.9 Å². The summed E-state index contributed by atoms with van der Waals surface area (Å²) in [6, 6.07) is 10.5. The van der Waals surface area contributed by atoms with E-state index >= 15 is 0 Å². The second kappa shape index (κ2) is 7.19. The zero-order valence-corrected chi connectivity index (χ0v) is 15.3. The minimum atomic E-state index is -0.255. The molecule has 138 valence electrons. The van der Waals surface area contributed by atoms with Crippen LogP contribution < -0.4 is 4.90 Å². The monoisotopic (exact) mass is 364 g/mol. The first-order chi connectivity index (χ1) is 13.1. The molecule has 0 atom stereocenters. The van der Waals surface area contributed by atoms with Crippen molar-refractivity contribution in [1.29, 1.82) is 0 Å². The topological polar surface area (TPSA) is 73.5 Å². The van der Waals surface area contributed by atoms with Crippen molar-refractivity contribution in [2.75, 3.05) is 18.5 Å². The summed E-state index contributed by atoms with van der Waals surface area (Å²) in [6.07, 6.45) is 3.68. The molecule has 27 heavy (non-hydrogen) atoms. The van der Waals surface area contributed by atoms with Crippen LogP contribution in [0.15, 0.2) is 42.6 Å². The molecule has 0 unspecified atom stereocenters. The Hall–Kier alpha value is -3.22. The van der Waals surface area contributed by atoms with E-state index < -0.39 is 0 Å². The Morgan fingerprint density at radius 2 is 2.04 bits per heavy atom. The zero-order chi connectivity index (χ0) is 18.8. The van der Waals surface area contributed by atoms with Gasteiger partial charge in [-0.2, -0.15) is 5.10 Å². The summed E-state index contributed by atoms with van der Waals surface area (Å²) in [7, 11) is 2.04. The maximum Gasteiger partial charge on any atom is 0.143 e. The summed E-state index contributed by atoms with van der Waals surface area (Å²) in [5.41, 5.74) is 3.44. The predicted octanol–water partition coefficient (Wildman–Crippen LogP) is 3.86. The van der Waals surface area contributed by atoms with Gasteiger partial charge >= 0.3 is 0 Å². The molecule has 0 fully saturated rings. The van der Waals surface area contributed by atoms with Crippen molar-refractivity contribution in [1.82, 2.24) is 25.1 Å². The third-order valence-corrected chi connectivity index (χ3v) is 4.56. The summed E-state index contributed by atoms with van der Waals surface area (Å²) >= 11 is 0. The van der Waals surface area contributed by atoms with Crippen molar-refractivity contribution >= 4 is 16.9 Å². The van der Waals surface area contributed by atoms with Gasteiger partial charge in [-0.25, -0.2) is 14.4 Å². The van der Waals surface area contributed by atoms with Gasteiger partial charge in [0.2, 0.25) is 0 Å². The van der Waals surface area contributed by atoms with Gasteiger partial charge in [0.25, 0.3) is 0 Å². The van der Waals surface area contributed by atoms with Crippen LogP contribution in [0.5, 0.6) is 0 Å². The smallest absolute Gasteiger partial charge is 0.143 e. The number of hydrogen-bond acceptors (Lipinski definition) is 4. The zero-order valence-electron chi connectivity index (χ0n) is 15.3. The van der Waals surface area contributed by atoms with Gasteiger partial charge < -0.3 is 9.88 Å². The molecule has 1 aromatic carbocycles. The van der Waals surface area contributed by atoms with Crippen molar-refractivity contribution < 1.29 is 4.39 Å². The number of rotatable bonds is 6. The predicted molar refractivity (Wildman–Crippen MR) is 104 cm³/mol. The van der Waals surface area contributed by atoms with Gasteiger partial charge in [-0.1, -0.05) is 12.1 Å². The van der Waals surface area contributed by atoms with Crippen LogP contribution >= 0.6 is 0 Å². The highest BCUT2D eigenvalue weighted by molar-refractivity contribution is 5.87. The number of aromatic nitrogens is 5. The highest BCUT2D eigenvalue weighted by atomic mass is 19.1. The molecule has 3 heterocycles. The van der Waals surface area contributed by atoms with Crippen LogP contribution in [0.2, 0.25) is 0 Å². The van der Waals surface area contributed by atoms with E-state index in [0.29, 0.717) is 0 Å². The number of nitrogens with one attached hydrogen (secondary N) is 2. The molecule has 7 heteroatoms. The Labute approximate surface area is 156 Å². The molecule has 4 rings (SSSR count). The molecule has 0 saturated carbocycles. The number of anilines is 1. The first-order valence-electron chi connectivity index (χ1n) is 8.93. The van der Waals surface area contributed by atoms with Crippen LogP contribution in [-0.2, 0) is 6.42 Å². The van der Waals surface area contributed by atoms with E-state index in [1.165, 1.54) is 12.1 Å². The van der Waals surface area contributed by atoms with E-state index in [1.54, 1.807) is 6.07 Å². The minimum absolute atomic E-state index is 0.255. The lowest BCUT2D eigenvalue weighted by Gasteiger charge is -2.19. The summed E-state index contributed by atoms with van der Waals surface area (Å²) in [5, 5.41) is 8.38. The standard InChI is InChI=1S/C20H21FN6/c1-13-23-19-17(8-9-22-19)20(24-13)27(2)10-4-7-16-12-18(26-25-16)14-5-3-6-15(21)11-14/h3,5-6,8-9,11-12H,4,7,10H2,1-2H3,(H,25,26)(H,22,23,24). The lowest BCUT2D eigenvalue weighted by molar-refractivity contribution is 0.628. The Bertz CT molecular complexity index is 1070. The summed E-state index contributed by atoms with van der Waals surface area (Å²) < 4.78 is 13.4. The molecule has 2 N–H and O–H groups in total. The average molecular weight is 364 g/mol. The second-order valence-corrected chi connectivity index (χ2v) is 6.65. The van der Waals surface area contributed by atoms with Gasteiger partial charge in [-0.3, -0.25) is 5.10 Å². The largest absolute Gasteiger partial charge is 0.359 e. The first-order valence-corrected chi connectivity index (χ1v) is 8.93. The molecular weight excluding hydrogens is 343 g/mol. The Balaban J connectivity index is 1.40. The highest BCUT2D eigenvalue weighted by Gasteiger charge is 2.11. The SMILES string of the molecule is Cc1nc(N(C)CCCc2cc(-c3cccc(F)c3)n[nH]2)c2cc[nH]c2n1. The Morgan fingerprint density at radius 1 is 1.15 bits per heavy atom. The van der Waals surface area contributed by atoms with Crippen molar-refractivity contribution in [3.8, 4) is 11.3 Å². The van der Waals surface area contributed by atoms with E-state index in [0.717, 1.165) is 59.0 Å². The van der Waals surface area contributed by atoms with E-state index in [4.69, 9.17) is 0 Å². The Morgan fingerprint density at radius 3 is 2.89 bits per heavy atom. The number of benzene rings is 1. The Kier molecular flexibility index (Phi) is 4.58. The number of aromatic amines is 2. The lowest BCUT2D eigenvalue weighted by atomic mass is 10.1. The van der Waals surface area contributed by atoms with Crippen LogP contribution in [0.3, 0.4) is 0 Å². The molecule has 0 aliphatic rings. The fourth-order valence-electron chi connectivity index (χ4n) is 3.22. The van der Waals surface area contributed by atoms with E-state index in [9.17, 15) is 4.39 Å². The summed E-state index contributed by atoms with van der Waals surface area (Å²) in [6.45, 7) is 2.75. The molecule has 0 saturated heterocycles. The summed E-state index contributed by atoms with van der Waals surface area (Å²) in [4.78, 5) is 14.3. The number of halogens is 1. The van der Waals surface area contributed by atoms with Crippen LogP contribution in [0.25, 0.3) is 22.3 Å². The van der Waals surface area contributed by atoms with E-state index in [-0.39, 0.29) is 5.82 Å². The number of nitrogens with zero attached hydrogens (tertiary/aromatic N) is 4. The minimum Gasteiger partial charge on any atom is -0.359 e. The van der Waals surface area contributed by atoms with Gasteiger partial charge in [-0.05, 0) is 44.0 Å². The second-order valence-electron chi connectivity index (χ2n) is 6.65. The van der Waals surface area contributed by atoms with E-state index in [2.05, 4.69) is 30.0 Å². The van der Waals surface area contributed by atoms with Crippen molar-refractivity contribution in [3.63, 3.8) is 0 Å². The van der Waals surface area contributed by atoms with Crippen LogP contribution in [0.4, 0.5) is 10.2 Å². The molecule has 0 aliphatic carbocycles. The van der Waals surface area contributed by atoms with Crippen LogP contribution in [-0.4, -0.2) is 38.7 Å². The molecule has 0 amide bonds. The highest BCUT2D eigenvalue weighted by Crippen LogP contribution is 2.23. The summed E-state index contributed by atoms with van der Waals surface area (Å²) in [5.74, 6) is 1.43. The normalized spacial score (nSPS) is 11.2. The van der Waals surface area contributed by atoms with Gasteiger partial charge in [-0.15, -0.1) is 0 Å². The third kappa shape index (κ3) is 3.67. The quantitative estimate of drug-likeness (QED) is 0.545. The van der Waals surface area contributed by atoms with Gasteiger partial charge in [0, 0.05) is 31.0 Å². The molecule has 6 nitrogen and oxygen atoms in total. The van der Waals surface area contributed by atoms with Gasteiger partial charge in [0.05, 0.1) is 11.1 Å². The fraction of sp³-hybridized carbons (Fsp3) is 0.250. The van der Waals surface area contributed by atoms with E-state index in [1.807, 2.05) is 38.4 Å². The maximum absolute atomic E-state index is 13.4. The third-order valence-electron chi connectivity index (χ3n) is 4.56. The molecule has 0 bridgehead atoms. The van der Waals surface area contributed by atoms with Crippen molar-refractivity contribution in [2.45, 2.75) is 19.8 Å². The van der Waals surface area contributed by atoms with Crippen molar-refractivity contribution in [3.05, 3.63) is 59.9 Å². The fourth-order valence-corrected chi connectivity index (χ4v) is 3.22. The number of H-pyrrole nitrogens is 2. The molecule has 0 spiro atoms. The van der Waals surface area contributed by atoms with Crippen molar-refractivity contribution in [2.24, 2.45) is 0 Å². The number of hydrogen-bond donors (Lipinski definition) is 2. The molecule has 4 aromatic rings. The van der Waals surface area contributed by atoms with Gasteiger partial charge in [0.15, 0.2) is 0 Å². The maximum atomic E-state index is 13.4. The molecule has 3 aromatic heterocycles. The number of fused-ring (bicyclic) bond motifs is 1. The van der Waals surface area contributed by atoms with Crippen LogP contribution in [0, 0.1) is 12.7 Å².